The van der Waals surface area contributed by atoms with E-state index in [0.717, 1.165) is 44.8 Å². The Balaban J connectivity index is 1.56. The Morgan fingerprint density at radius 2 is 2.03 bits per heavy atom. The molecule has 4 aromatic rings. The first kappa shape index (κ1) is 26.2. The van der Waals surface area contributed by atoms with E-state index in [1.807, 2.05) is 37.3 Å². The summed E-state index contributed by atoms with van der Waals surface area (Å²) in [6.45, 7) is 1.68. The summed E-state index contributed by atoms with van der Waals surface area (Å²) in [6, 6.07) is 8.15. The van der Waals surface area contributed by atoms with Crippen molar-refractivity contribution in [2.24, 2.45) is 0 Å². The standard InChI is InChI=1S/C26H22ClF3N4O3S/c1-15-9-16(27)10-20(23(15)37-17-3-2-6-31-12-17)19-4-7-32-21-11-18(38-24(19)21)13-34-22(35)5-8-33(25(34)36)14-26(28,29)30/h2-5,7-11,17,31H,6,12-14H2,1H3. The normalized spacial score (nSPS) is 15.8. The lowest BCUT2D eigenvalue weighted by molar-refractivity contribution is -0.141. The molecule has 7 nitrogen and oxygen atoms in total. The summed E-state index contributed by atoms with van der Waals surface area (Å²) in [4.78, 5) is 30.1. The van der Waals surface area contributed by atoms with Crippen molar-refractivity contribution < 1.29 is 17.9 Å². The van der Waals surface area contributed by atoms with Gasteiger partial charge in [-0.2, -0.15) is 13.2 Å². The van der Waals surface area contributed by atoms with E-state index in [9.17, 15) is 22.8 Å². The predicted molar refractivity (Wildman–Crippen MR) is 141 cm³/mol. The van der Waals surface area contributed by atoms with Gasteiger partial charge < -0.3 is 10.1 Å². The minimum absolute atomic E-state index is 0.164. The number of aromatic nitrogens is 3. The predicted octanol–water partition coefficient (Wildman–Crippen LogP) is 4.77. The number of pyridine rings is 1. The highest BCUT2D eigenvalue weighted by Crippen LogP contribution is 2.41. The van der Waals surface area contributed by atoms with E-state index in [0.29, 0.717) is 32.3 Å². The summed E-state index contributed by atoms with van der Waals surface area (Å²) in [6.07, 6.45) is 1.75. The lowest BCUT2D eigenvalue weighted by atomic mass is 10.0. The summed E-state index contributed by atoms with van der Waals surface area (Å²) in [5.74, 6) is 0.671. The van der Waals surface area contributed by atoms with Crippen LogP contribution in [0.5, 0.6) is 5.75 Å². The molecule has 1 N–H and O–H groups in total. The molecular formula is C26H22ClF3N4O3S. The lowest BCUT2D eigenvalue weighted by Crippen LogP contribution is -2.41. The highest BCUT2D eigenvalue weighted by atomic mass is 35.5. The van der Waals surface area contributed by atoms with Crippen LogP contribution in [0.25, 0.3) is 21.3 Å². The molecule has 1 unspecified atom stereocenters. The van der Waals surface area contributed by atoms with Crippen LogP contribution in [0.1, 0.15) is 10.4 Å². The number of benzene rings is 1. The molecule has 198 valence electrons. The van der Waals surface area contributed by atoms with Crippen molar-refractivity contribution in [3.8, 4) is 16.9 Å². The van der Waals surface area contributed by atoms with Gasteiger partial charge in [-0.25, -0.2) is 4.79 Å². The minimum atomic E-state index is -4.60. The number of hydrogen-bond donors (Lipinski definition) is 1. The average molecular weight is 563 g/mol. The van der Waals surface area contributed by atoms with Crippen molar-refractivity contribution in [1.82, 2.24) is 19.4 Å². The molecule has 0 amide bonds. The summed E-state index contributed by atoms with van der Waals surface area (Å²) in [5, 5.41) is 3.80. The Hall–Kier alpha value is -3.41. The molecule has 1 aliphatic rings. The van der Waals surface area contributed by atoms with Crippen LogP contribution in [0.2, 0.25) is 5.02 Å². The maximum atomic E-state index is 12.9. The summed E-state index contributed by atoms with van der Waals surface area (Å²) < 4.78 is 47.0. The fourth-order valence-corrected chi connectivity index (χ4v) is 5.77. The molecule has 5 rings (SSSR count). The summed E-state index contributed by atoms with van der Waals surface area (Å²) in [7, 11) is 0. The van der Waals surface area contributed by atoms with Crippen LogP contribution in [-0.2, 0) is 13.1 Å². The van der Waals surface area contributed by atoms with Crippen LogP contribution in [0.4, 0.5) is 13.2 Å². The molecule has 1 atom stereocenters. The van der Waals surface area contributed by atoms with E-state index in [1.54, 1.807) is 12.3 Å². The third kappa shape index (κ3) is 5.54. The van der Waals surface area contributed by atoms with Crippen molar-refractivity contribution in [3.63, 3.8) is 0 Å². The third-order valence-electron chi connectivity index (χ3n) is 6.02. The van der Waals surface area contributed by atoms with Gasteiger partial charge in [-0.3, -0.25) is 18.9 Å². The average Bonchev–Trinajstić information content (AvgIpc) is 3.28. The van der Waals surface area contributed by atoms with E-state index in [1.165, 1.54) is 11.3 Å². The zero-order chi connectivity index (χ0) is 27.0. The smallest absolute Gasteiger partial charge is 0.406 e. The number of nitrogens with zero attached hydrogens (tertiary/aromatic N) is 3. The van der Waals surface area contributed by atoms with E-state index >= 15 is 0 Å². The number of aryl methyl sites for hydroxylation is 1. The first-order valence-corrected chi connectivity index (χ1v) is 12.9. The Kier molecular flexibility index (Phi) is 7.17. The molecule has 3 aromatic heterocycles. The quantitative estimate of drug-likeness (QED) is 0.343. The van der Waals surface area contributed by atoms with Gasteiger partial charge in [0.15, 0.2) is 0 Å². The van der Waals surface area contributed by atoms with Crippen LogP contribution in [0, 0.1) is 6.92 Å². The van der Waals surface area contributed by atoms with Crippen LogP contribution >= 0.6 is 22.9 Å². The maximum absolute atomic E-state index is 12.9. The number of halogens is 4. The highest BCUT2D eigenvalue weighted by Gasteiger charge is 2.29. The molecule has 38 heavy (non-hydrogen) atoms. The Bertz CT molecular complexity index is 1660. The van der Waals surface area contributed by atoms with E-state index in [4.69, 9.17) is 16.3 Å². The first-order valence-electron chi connectivity index (χ1n) is 11.7. The SMILES string of the molecule is Cc1cc(Cl)cc(-c2ccnc3cc(Cn4c(=O)ccn(CC(F)(F)F)c4=O)sc23)c1OC1C=CCNC1. The van der Waals surface area contributed by atoms with Crippen molar-refractivity contribution in [3.05, 3.63) is 91.2 Å². The number of rotatable bonds is 6. The van der Waals surface area contributed by atoms with E-state index in [-0.39, 0.29) is 12.6 Å². The van der Waals surface area contributed by atoms with Gasteiger partial charge in [0.25, 0.3) is 5.56 Å². The molecular weight excluding hydrogens is 541 g/mol. The Labute approximate surface area is 223 Å². The van der Waals surface area contributed by atoms with E-state index in [2.05, 4.69) is 10.3 Å². The van der Waals surface area contributed by atoms with Gasteiger partial charge in [-0.15, -0.1) is 11.3 Å². The molecule has 0 spiro atoms. The van der Waals surface area contributed by atoms with Gasteiger partial charge in [-0.05, 0) is 42.8 Å². The van der Waals surface area contributed by atoms with Crippen LogP contribution in [-0.4, -0.2) is 39.5 Å². The van der Waals surface area contributed by atoms with Gasteiger partial charge in [0.05, 0.1) is 16.8 Å². The summed E-state index contributed by atoms with van der Waals surface area (Å²) >= 11 is 7.72. The van der Waals surface area contributed by atoms with Crippen molar-refractivity contribution >= 4 is 33.2 Å². The highest BCUT2D eigenvalue weighted by molar-refractivity contribution is 7.19. The number of hydrogen-bond acceptors (Lipinski definition) is 6. The molecule has 4 heterocycles. The topological polar surface area (TPSA) is 78.2 Å². The maximum Gasteiger partial charge on any atom is 0.406 e. The molecule has 1 aliphatic heterocycles. The molecule has 0 saturated heterocycles. The minimum Gasteiger partial charge on any atom is -0.484 e. The molecule has 12 heteroatoms. The molecule has 0 bridgehead atoms. The number of nitrogens with one attached hydrogen (secondary N) is 1. The van der Waals surface area contributed by atoms with Gasteiger partial charge >= 0.3 is 11.9 Å². The molecule has 0 radical (unpaired) electrons. The third-order valence-corrected chi connectivity index (χ3v) is 7.38. The fraction of sp³-hybridized carbons (Fsp3) is 0.269. The van der Waals surface area contributed by atoms with E-state index < -0.39 is 24.0 Å². The van der Waals surface area contributed by atoms with Gasteiger partial charge in [0.1, 0.15) is 18.4 Å². The summed E-state index contributed by atoms with van der Waals surface area (Å²) in [5.41, 5.74) is 1.32. The van der Waals surface area contributed by atoms with Crippen LogP contribution in [0.15, 0.2) is 64.5 Å². The number of alkyl halides is 3. The molecule has 0 aliphatic carbocycles. The van der Waals surface area contributed by atoms with Gasteiger partial charge in [0.2, 0.25) is 0 Å². The van der Waals surface area contributed by atoms with Crippen molar-refractivity contribution in [2.75, 3.05) is 13.1 Å². The zero-order valence-electron chi connectivity index (χ0n) is 20.1. The fourth-order valence-electron chi connectivity index (χ4n) is 4.36. The Morgan fingerprint density at radius 3 is 2.76 bits per heavy atom. The number of thiophene rings is 1. The van der Waals surface area contributed by atoms with Crippen LogP contribution in [0.3, 0.4) is 0 Å². The van der Waals surface area contributed by atoms with Crippen LogP contribution < -0.4 is 21.3 Å². The Morgan fingerprint density at radius 1 is 1.21 bits per heavy atom. The van der Waals surface area contributed by atoms with Gasteiger partial charge in [-0.1, -0.05) is 17.7 Å². The molecule has 0 saturated carbocycles. The first-order chi connectivity index (χ1) is 18.1. The van der Waals surface area contributed by atoms with Crippen molar-refractivity contribution in [2.45, 2.75) is 32.3 Å². The second-order valence-corrected chi connectivity index (χ2v) is 10.5. The largest absolute Gasteiger partial charge is 0.484 e. The van der Waals surface area contributed by atoms with Gasteiger partial charge in [0, 0.05) is 52.6 Å². The zero-order valence-corrected chi connectivity index (χ0v) is 21.7. The van der Waals surface area contributed by atoms with Crippen molar-refractivity contribution in [1.29, 1.82) is 0 Å². The molecule has 0 fully saturated rings. The monoisotopic (exact) mass is 562 g/mol. The lowest BCUT2D eigenvalue weighted by Gasteiger charge is -2.23. The molecule has 1 aromatic carbocycles. The second-order valence-electron chi connectivity index (χ2n) is 8.89. The number of ether oxygens (including phenoxy) is 1. The second kappa shape index (κ2) is 10.4. The number of fused-ring (bicyclic) bond motifs is 1.